The number of benzene rings is 2. The van der Waals surface area contributed by atoms with E-state index in [1.165, 1.54) is 5.56 Å². The molecule has 30 heavy (non-hydrogen) atoms. The second kappa shape index (κ2) is 8.40. The summed E-state index contributed by atoms with van der Waals surface area (Å²) >= 11 is 0. The fourth-order valence-corrected chi connectivity index (χ4v) is 4.96. The first-order chi connectivity index (χ1) is 14.4. The maximum Gasteiger partial charge on any atom is 0.335 e. The fourth-order valence-electron chi connectivity index (χ4n) is 4.96. The molecule has 2 aliphatic rings. The number of aromatic carboxylic acids is 1. The molecule has 1 heterocycles. The first-order valence-electron chi connectivity index (χ1n) is 11.0. The smallest absolute Gasteiger partial charge is 0.335 e. The number of carboxylic acids is 1. The van der Waals surface area contributed by atoms with Gasteiger partial charge in [-0.1, -0.05) is 31.2 Å². The van der Waals surface area contributed by atoms with Crippen molar-refractivity contribution in [2.24, 2.45) is 0 Å². The monoisotopic (exact) mass is 409 g/mol. The van der Waals surface area contributed by atoms with E-state index in [1.807, 2.05) is 19.1 Å². The summed E-state index contributed by atoms with van der Waals surface area (Å²) in [5.74, 6) is -0.915. The zero-order chi connectivity index (χ0) is 21.3. The SMILES string of the molecule is CCC(O)C1(c2ccc(N3CCC(O)C3CCc3ccc(C(=O)O)cc3)cc2)CC1. The maximum absolute atomic E-state index is 11.0. The Bertz CT molecular complexity index is 873. The van der Waals surface area contributed by atoms with Gasteiger partial charge in [0, 0.05) is 17.6 Å². The van der Waals surface area contributed by atoms with Crippen LogP contribution in [0.2, 0.25) is 0 Å². The Balaban J connectivity index is 1.44. The Morgan fingerprint density at radius 3 is 2.37 bits per heavy atom. The lowest BCUT2D eigenvalue weighted by atomic mass is 9.88. The van der Waals surface area contributed by atoms with Gasteiger partial charge in [0.15, 0.2) is 0 Å². The number of carboxylic acid groups (broad SMARTS) is 1. The van der Waals surface area contributed by atoms with Crippen molar-refractivity contribution in [1.29, 1.82) is 0 Å². The number of aryl methyl sites for hydroxylation is 1. The molecule has 3 atom stereocenters. The highest BCUT2D eigenvalue weighted by Crippen LogP contribution is 2.52. The standard InChI is InChI=1S/C25H31NO4/c1-2-23(28)25(14-15-25)19-8-10-20(11-9-19)26-16-13-22(27)21(26)12-5-17-3-6-18(7-4-17)24(29)30/h3-4,6-11,21-23,27-28H,2,5,12-16H2,1H3,(H,29,30). The highest BCUT2D eigenvalue weighted by atomic mass is 16.4. The predicted molar refractivity (Wildman–Crippen MR) is 117 cm³/mol. The Kier molecular flexibility index (Phi) is 5.85. The largest absolute Gasteiger partial charge is 0.478 e. The van der Waals surface area contributed by atoms with E-state index in [9.17, 15) is 15.0 Å². The lowest BCUT2D eigenvalue weighted by molar-refractivity contribution is 0.0697. The summed E-state index contributed by atoms with van der Waals surface area (Å²) in [6.07, 6.45) is 4.59. The molecular weight excluding hydrogens is 378 g/mol. The molecule has 2 aromatic rings. The second-order valence-electron chi connectivity index (χ2n) is 8.78. The highest BCUT2D eigenvalue weighted by molar-refractivity contribution is 5.87. The summed E-state index contributed by atoms with van der Waals surface area (Å²) in [6, 6.07) is 15.6. The van der Waals surface area contributed by atoms with E-state index in [1.54, 1.807) is 12.1 Å². The Morgan fingerprint density at radius 1 is 1.13 bits per heavy atom. The molecule has 5 nitrogen and oxygen atoms in total. The van der Waals surface area contributed by atoms with Crippen LogP contribution >= 0.6 is 0 Å². The molecule has 1 saturated carbocycles. The van der Waals surface area contributed by atoms with Crippen molar-refractivity contribution >= 4 is 11.7 Å². The molecule has 0 radical (unpaired) electrons. The van der Waals surface area contributed by atoms with Crippen molar-refractivity contribution in [3.8, 4) is 0 Å². The molecule has 3 N–H and O–H groups in total. The van der Waals surface area contributed by atoms with Gasteiger partial charge in [-0.15, -0.1) is 0 Å². The van der Waals surface area contributed by atoms with Crippen molar-refractivity contribution in [3.63, 3.8) is 0 Å². The average Bonchev–Trinajstić information content (AvgIpc) is 3.50. The third-order valence-corrected chi connectivity index (χ3v) is 7.03. The van der Waals surface area contributed by atoms with Crippen LogP contribution in [0.1, 0.15) is 60.5 Å². The van der Waals surface area contributed by atoms with Crippen molar-refractivity contribution in [2.45, 2.75) is 69.1 Å². The van der Waals surface area contributed by atoms with Gasteiger partial charge in [-0.05, 0) is 73.9 Å². The van der Waals surface area contributed by atoms with Crippen LogP contribution in [-0.2, 0) is 11.8 Å². The van der Waals surface area contributed by atoms with E-state index in [-0.39, 0.29) is 23.7 Å². The van der Waals surface area contributed by atoms with Gasteiger partial charge >= 0.3 is 5.97 Å². The Labute approximate surface area is 178 Å². The Morgan fingerprint density at radius 2 is 1.80 bits per heavy atom. The number of nitrogens with zero attached hydrogens (tertiary/aromatic N) is 1. The van der Waals surface area contributed by atoms with Crippen LogP contribution in [0.15, 0.2) is 48.5 Å². The van der Waals surface area contributed by atoms with Gasteiger partial charge in [0.2, 0.25) is 0 Å². The van der Waals surface area contributed by atoms with Crippen molar-refractivity contribution in [2.75, 3.05) is 11.4 Å². The molecule has 1 aliphatic carbocycles. The third kappa shape index (κ3) is 3.96. The number of rotatable bonds is 8. The molecule has 1 aliphatic heterocycles. The van der Waals surface area contributed by atoms with Crippen LogP contribution in [0.3, 0.4) is 0 Å². The van der Waals surface area contributed by atoms with Crippen molar-refractivity contribution in [3.05, 3.63) is 65.2 Å². The summed E-state index contributed by atoms with van der Waals surface area (Å²) in [7, 11) is 0. The number of hydrogen-bond acceptors (Lipinski definition) is 4. The van der Waals surface area contributed by atoms with E-state index >= 15 is 0 Å². The zero-order valence-electron chi connectivity index (χ0n) is 17.5. The van der Waals surface area contributed by atoms with E-state index in [0.29, 0.717) is 5.56 Å². The number of anilines is 1. The lowest BCUT2D eigenvalue weighted by Gasteiger charge is -2.29. The minimum atomic E-state index is -0.915. The number of aliphatic hydroxyl groups excluding tert-OH is 2. The number of carbonyl (C=O) groups is 1. The van der Waals surface area contributed by atoms with Crippen LogP contribution in [0.4, 0.5) is 5.69 Å². The summed E-state index contributed by atoms with van der Waals surface area (Å²) in [6.45, 7) is 2.86. The minimum Gasteiger partial charge on any atom is -0.478 e. The normalized spacial score (nSPS) is 23.4. The summed E-state index contributed by atoms with van der Waals surface area (Å²) in [5.41, 5.74) is 3.65. The van der Waals surface area contributed by atoms with Gasteiger partial charge in [-0.2, -0.15) is 0 Å². The van der Waals surface area contributed by atoms with Gasteiger partial charge < -0.3 is 20.2 Å². The number of hydrogen-bond donors (Lipinski definition) is 3. The molecule has 3 unspecified atom stereocenters. The van der Waals surface area contributed by atoms with Crippen molar-refractivity contribution in [1.82, 2.24) is 0 Å². The van der Waals surface area contributed by atoms with Crippen LogP contribution < -0.4 is 4.90 Å². The van der Waals surface area contributed by atoms with Crippen molar-refractivity contribution < 1.29 is 20.1 Å². The van der Waals surface area contributed by atoms with Gasteiger partial charge in [0.1, 0.15) is 0 Å². The molecule has 2 fully saturated rings. The Hall–Kier alpha value is -2.37. The minimum absolute atomic E-state index is 0.0473. The predicted octanol–water partition coefficient (Wildman–Crippen LogP) is 3.76. The van der Waals surface area contributed by atoms with Gasteiger partial charge in [-0.3, -0.25) is 0 Å². The van der Waals surface area contributed by atoms with Gasteiger partial charge in [0.25, 0.3) is 0 Å². The molecule has 4 rings (SSSR count). The molecule has 0 aromatic heterocycles. The first-order valence-corrected chi connectivity index (χ1v) is 11.0. The third-order valence-electron chi connectivity index (χ3n) is 7.03. The maximum atomic E-state index is 11.0. The van der Waals surface area contributed by atoms with Gasteiger partial charge in [-0.25, -0.2) is 4.79 Å². The fraction of sp³-hybridized carbons (Fsp3) is 0.480. The van der Waals surface area contributed by atoms with E-state index < -0.39 is 5.97 Å². The van der Waals surface area contributed by atoms with Crippen LogP contribution in [0, 0.1) is 0 Å². The average molecular weight is 410 g/mol. The molecule has 2 aromatic carbocycles. The molecule has 0 spiro atoms. The van der Waals surface area contributed by atoms with Crippen LogP contribution in [-0.4, -0.2) is 46.1 Å². The molecule has 5 heteroatoms. The van der Waals surface area contributed by atoms with E-state index in [2.05, 4.69) is 29.2 Å². The zero-order valence-corrected chi connectivity index (χ0v) is 17.5. The first kappa shape index (κ1) is 20.9. The number of aliphatic hydroxyl groups is 2. The topological polar surface area (TPSA) is 81.0 Å². The summed E-state index contributed by atoms with van der Waals surface area (Å²) < 4.78 is 0. The summed E-state index contributed by atoms with van der Waals surface area (Å²) in [4.78, 5) is 13.3. The van der Waals surface area contributed by atoms with Gasteiger partial charge in [0.05, 0.1) is 23.8 Å². The summed E-state index contributed by atoms with van der Waals surface area (Å²) in [5, 5.41) is 30.0. The van der Waals surface area contributed by atoms with Crippen LogP contribution in [0.5, 0.6) is 0 Å². The molecule has 160 valence electrons. The molecule has 1 saturated heterocycles. The molecule has 0 amide bonds. The molecule has 0 bridgehead atoms. The quantitative estimate of drug-likeness (QED) is 0.619. The molecular formula is C25H31NO4. The highest BCUT2D eigenvalue weighted by Gasteiger charge is 2.49. The second-order valence-corrected chi connectivity index (χ2v) is 8.78. The van der Waals surface area contributed by atoms with Crippen LogP contribution in [0.25, 0.3) is 0 Å². The van der Waals surface area contributed by atoms with E-state index in [0.717, 1.165) is 56.3 Å². The van der Waals surface area contributed by atoms with E-state index in [4.69, 9.17) is 5.11 Å². The lowest BCUT2D eigenvalue weighted by Crippen LogP contribution is -2.35.